The van der Waals surface area contributed by atoms with E-state index in [1.54, 1.807) is 26.1 Å². The highest BCUT2D eigenvalue weighted by atomic mass is 16.9. The Morgan fingerprint density at radius 3 is 2.50 bits per heavy atom. The molecule has 9 heteroatoms. The van der Waals surface area contributed by atoms with Gasteiger partial charge in [0.05, 0.1) is 13.0 Å². The average molecular weight is 397 g/mol. The van der Waals surface area contributed by atoms with E-state index in [9.17, 15) is 20.0 Å². The lowest BCUT2D eigenvalue weighted by Crippen LogP contribution is -2.45. The van der Waals surface area contributed by atoms with Crippen LogP contribution in [0, 0.1) is 10.1 Å². The lowest BCUT2D eigenvalue weighted by atomic mass is 10.1. The van der Waals surface area contributed by atoms with Crippen molar-refractivity contribution < 1.29 is 24.6 Å². The summed E-state index contributed by atoms with van der Waals surface area (Å²) in [6.07, 6.45) is -1.31. The van der Waals surface area contributed by atoms with Crippen LogP contribution < -0.4 is 10.1 Å². The monoisotopic (exact) mass is 397 g/mol. The van der Waals surface area contributed by atoms with Gasteiger partial charge >= 0.3 is 0 Å². The zero-order valence-corrected chi connectivity index (χ0v) is 16.9. The minimum absolute atomic E-state index is 0.0211. The predicted molar refractivity (Wildman–Crippen MR) is 104 cm³/mol. The van der Waals surface area contributed by atoms with Gasteiger partial charge in [0.1, 0.15) is 18.0 Å². The standard InChI is InChI=1S/C19H31N3O6/c1-14(2)20-13-17(23)18(28-16-8-6-5-7-9-16)12-19(24)21(4)15(3)10-11-27-22(25)26/h5-9,14-15,17-18,20,23H,10-13H2,1-4H3. The number of aliphatic hydroxyl groups excluding tert-OH is 1. The number of aliphatic hydroxyl groups is 1. The summed E-state index contributed by atoms with van der Waals surface area (Å²) in [5.41, 5.74) is 0. The van der Waals surface area contributed by atoms with E-state index in [-0.39, 0.29) is 31.0 Å². The smallest absolute Gasteiger partial charge is 0.294 e. The molecule has 28 heavy (non-hydrogen) atoms. The van der Waals surface area contributed by atoms with E-state index in [0.29, 0.717) is 18.7 Å². The maximum atomic E-state index is 12.7. The van der Waals surface area contributed by atoms with E-state index in [2.05, 4.69) is 10.2 Å². The fraction of sp³-hybridized carbons (Fsp3) is 0.632. The molecule has 0 spiro atoms. The van der Waals surface area contributed by atoms with Crippen molar-refractivity contribution in [1.29, 1.82) is 0 Å². The van der Waals surface area contributed by atoms with Crippen molar-refractivity contribution in [3.8, 4) is 5.75 Å². The number of benzene rings is 1. The summed E-state index contributed by atoms with van der Waals surface area (Å²) in [6, 6.07) is 8.95. The molecule has 0 saturated carbocycles. The summed E-state index contributed by atoms with van der Waals surface area (Å²) in [5, 5.41) is 23.1. The molecule has 0 radical (unpaired) electrons. The van der Waals surface area contributed by atoms with Crippen molar-refractivity contribution >= 4 is 5.91 Å². The number of rotatable bonds is 13. The van der Waals surface area contributed by atoms with Crippen LogP contribution in [-0.2, 0) is 9.63 Å². The number of para-hydroxylation sites is 1. The van der Waals surface area contributed by atoms with Crippen molar-refractivity contribution in [2.45, 2.75) is 57.9 Å². The van der Waals surface area contributed by atoms with Crippen LogP contribution in [-0.4, -0.2) is 65.5 Å². The van der Waals surface area contributed by atoms with Crippen LogP contribution in [0.4, 0.5) is 0 Å². The molecule has 0 saturated heterocycles. The zero-order valence-electron chi connectivity index (χ0n) is 16.9. The van der Waals surface area contributed by atoms with Crippen molar-refractivity contribution in [2.24, 2.45) is 0 Å². The molecule has 0 aromatic heterocycles. The van der Waals surface area contributed by atoms with Crippen LogP contribution >= 0.6 is 0 Å². The summed E-state index contributed by atoms with van der Waals surface area (Å²) in [5.74, 6) is 0.345. The number of amides is 1. The molecule has 1 aromatic carbocycles. The first-order valence-electron chi connectivity index (χ1n) is 9.36. The van der Waals surface area contributed by atoms with Crippen LogP contribution in [0.1, 0.15) is 33.6 Å². The minimum Gasteiger partial charge on any atom is -0.487 e. The Balaban J connectivity index is 2.71. The molecule has 3 unspecified atom stereocenters. The second-order valence-electron chi connectivity index (χ2n) is 7.00. The topological polar surface area (TPSA) is 114 Å². The van der Waals surface area contributed by atoms with Gasteiger partial charge in [0.25, 0.3) is 5.09 Å². The molecule has 0 aliphatic rings. The molecule has 1 aromatic rings. The van der Waals surface area contributed by atoms with E-state index in [1.807, 2.05) is 32.0 Å². The maximum Gasteiger partial charge on any atom is 0.294 e. The summed E-state index contributed by atoms with van der Waals surface area (Å²) in [6.45, 7) is 5.92. The van der Waals surface area contributed by atoms with Crippen molar-refractivity contribution in [2.75, 3.05) is 20.2 Å². The Labute approximate surface area is 165 Å². The number of hydrogen-bond donors (Lipinski definition) is 2. The Morgan fingerprint density at radius 1 is 1.29 bits per heavy atom. The highest BCUT2D eigenvalue weighted by Gasteiger charge is 2.27. The largest absolute Gasteiger partial charge is 0.487 e. The van der Waals surface area contributed by atoms with Gasteiger partial charge in [0.2, 0.25) is 5.91 Å². The van der Waals surface area contributed by atoms with E-state index >= 15 is 0 Å². The molecule has 0 fully saturated rings. The van der Waals surface area contributed by atoms with Crippen LogP contribution in [0.15, 0.2) is 30.3 Å². The third-order valence-corrected chi connectivity index (χ3v) is 4.36. The average Bonchev–Trinajstić information content (AvgIpc) is 2.65. The summed E-state index contributed by atoms with van der Waals surface area (Å²) < 4.78 is 5.87. The van der Waals surface area contributed by atoms with Gasteiger partial charge in [-0.1, -0.05) is 32.0 Å². The molecule has 158 valence electrons. The number of nitrogens with one attached hydrogen (secondary N) is 1. The van der Waals surface area contributed by atoms with Gasteiger partial charge in [-0.05, 0) is 25.5 Å². The molecule has 1 amide bonds. The molecule has 2 N–H and O–H groups in total. The number of hydrogen-bond acceptors (Lipinski definition) is 7. The molecule has 3 atom stereocenters. The van der Waals surface area contributed by atoms with Gasteiger partial charge in [-0.15, -0.1) is 10.1 Å². The first kappa shape index (κ1) is 23.6. The third kappa shape index (κ3) is 9.01. The van der Waals surface area contributed by atoms with Gasteiger partial charge in [-0.2, -0.15) is 0 Å². The van der Waals surface area contributed by atoms with Gasteiger partial charge in [0, 0.05) is 25.7 Å². The minimum atomic E-state index is -0.881. The third-order valence-electron chi connectivity index (χ3n) is 4.36. The van der Waals surface area contributed by atoms with Crippen LogP contribution in [0.3, 0.4) is 0 Å². The van der Waals surface area contributed by atoms with E-state index < -0.39 is 17.3 Å². The fourth-order valence-corrected chi connectivity index (χ4v) is 2.47. The quantitative estimate of drug-likeness (QED) is 0.384. The summed E-state index contributed by atoms with van der Waals surface area (Å²) in [7, 11) is 1.62. The maximum absolute atomic E-state index is 12.7. The van der Waals surface area contributed by atoms with E-state index in [0.717, 1.165) is 0 Å². The summed E-state index contributed by atoms with van der Waals surface area (Å²) >= 11 is 0. The molecule has 1 rings (SSSR count). The van der Waals surface area contributed by atoms with Crippen LogP contribution in [0.25, 0.3) is 0 Å². The highest BCUT2D eigenvalue weighted by Crippen LogP contribution is 2.16. The number of carbonyl (C=O) groups is 1. The molecule has 0 bridgehead atoms. The lowest BCUT2D eigenvalue weighted by Gasteiger charge is -2.29. The molecular weight excluding hydrogens is 366 g/mol. The number of ether oxygens (including phenoxy) is 1. The first-order chi connectivity index (χ1) is 13.2. The second-order valence-corrected chi connectivity index (χ2v) is 7.00. The van der Waals surface area contributed by atoms with Crippen LogP contribution in [0.5, 0.6) is 5.75 Å². The van der Waals surface area contributed by atoms with Gasteiger partial charge in [-0.25, -0.2) is 0 Å². The molecule has 0 heterocycles. The van der Waals surface area contributed by atoms with E-state index in [4.69, 9.17) is 4.74 Å². The summed E-state index contributed by atoms with van der Waals surface area (Å²) in [4.78, 5) is 28.7. The number of nitrogens with zero attached hydrogens (tertiary/aromatic N) is 2. The molecule has 9 nitrogen and oxygen atoms in total. The van der Waals surface area contributed by atoms with Crippen LogP contribution in [0.2, 0.25) is 0 Å². The van der Waals surface area contributed by atoms with Gasteiger partial charge in [0.15, 0.2) is 0 Å². The highest BCUT2D eigenvalue weighted by molar-refractivity contribution is 5.76. The van der Waals surface area contributed by atoms with Crippen molar-refractivity contribution in [3.05, 3.63) is 40.4 Å². The van der Waals surface area contributed by atoms with Crippen molar-refractivity contribution in [3.63, 3.8) is 0 Å². The SMILES string of the molecule is CC(C)NCC(O)C(CC(=O)N(C)C(C)CCO[N+](=O)[O-])Oc1ccccc1. The first-order valence-corrected chi connectivity index (χ1v) is 9.36. The van der Waals surface area contributed by atoms with Crippen molar-refractivity contribution in [1.82, 2.24) is 10.2 Å². The molecule has 0 aliphatic heterocycles. The zero-order chi connectivity index (χ0) is 21.1. The van der Waals surface area contributed by atoms with Gasteiger partial charge in [-0.3, -0.25) is 4.79 Å². The lowest BCUT2D eigenvalue weighted by molar-refractivity contribution is -0.757. The molecule has 0 aliphatic carbocycles. The Bertz CT molecular complexity index is 599. The second kappa shape index (κ2) is 12.1. The fourth-order valence-electron chi connectivity index (χ4n) is 2.47. The Morgan fingerprint density at radius 2 is 1.93 bits per heavy atom. The van der Waals surface area contributed by atoms with Gasteiger partial charge < -0.3 is 24.9 Å². The normalized spacial score (nSPS) is 14.2. The molecular formula is C19H31N3O6. The number of carbonyl (C=O) groups excluding carboxylic acids is 1. The Hall–Kier alpha value is -2.39. The Kier molecular flexibility index (Phi) is 10.3. The van der Waals surface area contributed by atoms with E-state index in [1.165, 1.54) is 4.90 Å². The predicted octanol–water partition coefficient (Wildman–Crippen LogP) is 1.63.